The van der Waals surface area contributed by atoms with Crippen molar-refractivity contribution >= 4 is 16.7 Å². The Labute approximate surface area is 196 Å². The number of aliphatic hydroxyl groups is 1. The molecule has 0 amide bonds. The van der Waals surface area contributed by atoms with Crippen LogP contribution in [0.25, 0.3) is 10.9 Å². The Hall–Kier alpha value is -3.97. The van der Waals surface area contributed by atoms with E-state index in [4.69, 9.17) is 9.84 Å². The number of ether oxygens (including phenoxy) is 1. The molecule has 1 heterocycles. The quantitative estimate of drug-likeness (QED) is 0.410. The summed E-state index contributed by atoms with van der Waals surface area (Å²) in [6, 6.07) is 19.6. The molecule has 0 saturated heterocycles. The van der Waals surface area contributed by atoms with Gasteiger partial charge in [-0.1, -0.05) is 48.5 Å². The molecule has 34 heavy (non-hydrogen) atoms. The number of para-hydroxylation sites is 1. The number of carbonyl (C=O) groups is 1. The smallest absolute Gasteiger partial charge is 0.331 e. The number of hydrogen-bond donors (Lipinski definition) is 1. The number of ketones is 1. The molecule has 0 saturated carbocycles. The molecule has 1 N–H and O–H groups in total. The third-order valence-corrected chi connectivity index (χ3v) is 5.98. The van der Waals surface area contributed by atoms with E-state index in [1.807, 2.05) is 25.1 Å². The Morgan fingerprint density at radius 3 is 2.32 bits per heavy atom. The highest BCUT2D eigenvalue weighted by Gasteiger charge is 2.14. The molecular formula is C27H26N2O5. The predicted molar refractivity (Wildman–Crippen MR) is 131 cm³/mol. The van der Waals surface area contributed by atoms with Crippen LogP contribution in [0.2, 0.25) is 0 Å². The predicted octanol–water partition coefficient (Wildman–Crippen LogP) is 2.95. The van der Waals surface area contributed by atoms with Crippen molar-refractivity contribution in [1.29, 1.82) is 0 Å². The third kappa shape index (κ3) is 4.56. The maximum absolute atomic E-state index is 13.4. The summed E-state index contributed by atoms with van der Waals surface area (Å²) in [7, 11) is 1.62. The molecule has 4 aromatic rings. The fourth-order valence-corrected chi connectivity index (χ4v) is 4.13. The summed E-state index contributed by atoms with van der Waals surface area (Å²) in [6.07, 6.45) is 0.524. The Balaban J connectivity index is 1.71. The second-order valence-corrected chi connectivity index (χ2v) is 8.17. The highest BCUT2D eigenvalue weighted by molar-refractivity contribution is 5.96. The van der Waals surface area contributed by atoms with Crippen molar-refractivity contribution in [3.8, 4) is 5.75 Å². The van der Waals surface area contributed by atoms with Gasteiger partial charge in [-0.25, -0.2) is 4.79 Å². The summed E-state index contributed by atoms with van der Waals surface area (Å²) < 4.78 is 8.17. The van der Waals surface area contributed by atoms with Crippen LogP contribution in [0, 0.1) is 6.92 Å². The number of carbonyl (C=O) groups excluding carboxylic acids is 1. The normalized spacial score (nSPS) is 11.0. The average Bonchev–Trinajstić information content (AvgIpc) is 2.86. The summed E-state index contributed by atoms with van der Waals surface area (Å²) in [5, 5.41) is 9.52. The van der Waals surface area contributed by atoms with Gasteiger partial charge in [-0.05, 0) is 48.2 Å². The Bertz CT molecular complexity index is 1470. The first-order valence-electron chi connectivity index (χ1n) is 11.0. The lowest BCUT2D eigenvalue weighted by Crippen LogP contribution is -2.40. The number of benzene rings is 3. The number of Topliss-reactive ketones (excluding diaryl/α,β-unsaturated/α-hetero) is 1. The van der Waals surface area contributed by atoms with Crippen LogP contribution in [-0.4, -0.2) is 33.7 Å². The van der Waals surface area contributed by atoms with E-state index < -0.39 is 6.61 Å². The maximum Gasteiger partial charge on any atom is 0.331 e. The van der Waals surface area contributed by atoms with Gasteiger partial charge in [-0.2, -0.15) is 0 Å². The van der Waals surface area contributed by atoms with Gasteiger partial charge in [0.1, 0.15) is 12.4 Å². The SMILES string of the molecule is COc1ccc(CCn2c(=O)c3ccccc3n(Cc3ccc(C(=O)CO)cc3)c2=O)cc1C. The van der Waals surface area contributed by atoms with E-state index in [-0.39, 0.29) is 30.1 Å². The summed E-state index contributed by atoms with van der Waals surface area (Å²) in [6.45, 7) is 1.89. The molecular weight excluding hydrogens is 432 g/mol. The van der Waals surface area contributed by atoms with Crippen molar-refractivity contribution in [2.75, 3.05) is 13.7 Å². The van der Waals surface area contributed by atoms with Gasteiger partial charge in [0.15, 0.2) is 5.78 Å². The lowest BCUT2D eigenvalue weighted by atomic mass is 10.1. The number of aromatic nitrogens is 2. The summed E-state index contributed by atoms with van der Waals surface area (Å²) in [5.41, 5.74) is 3.07. The molecule has 3 aromatic carbocycles. The lowest BCUT2D eigenvalue weighted by molar-refractivity contribution is 0.0903. The second kappa shape index (κ2) is 9.89. The number of nitrogens with zero attached hydrogens (tertiary/aromatic N) is 2. The van der Waals surface area contributed by atoms with Gasteiger partial charge < -0.3 is 9.84 Å². The summed E-state index contributed by atoms with van der Waals surface area (Å²) >= 11 is 0. The molecule has 0 fully saturated rings. The molecule has 0 atom stereocenters. The number of rotatable bonds is 8. The largest absolute Gasteiger partial charge is 0.496 e. The Kier molecular flexibility index (Phi) is 6.75. The minimum absolute atomic E-state index is 0.245. The van der Waals surface area contributed by atoms with Gasteiger partial charge in [0.05, 0.1) is 24.6 Å². The van der Waals surface area contributed by atoms with E-state index in [1.165, 1.54) is 4.57 Å². The molecule has 0 bridgehead atoms. The van der Waals surface area contributed by atoms with Crippen molar-refractivity contribution in [3.05, 3.63) is 110 Å². The summed E-state index contributed by atoms with van der Waals surface area (Å²) in [5.74, 6) is 0.428. The molecule has 7 nitrogen and oxygen atoms in total. The van der Waals surface area contributed by atoms with Crippen LogP contribution >= 0.6 is 0 Å². The average molecular weight is 459 g/mol. The maximum atomic E-state index is 13.4. The zero-order chi connectivity index (χ0) is 24.2. The second-order valence-electron chi connectivity index (χ2n) is 8.17. The van der Waals surface area contributed by atoms with Crippen LogP contribution in [0.3, 0.4) is 0 Å². The van der Waals surface area contributed by atoms with E-state index in [2.05, 4.69) is 0 Å². The molecule has 0 radical (unpaired) electrons. The van der Waals surface area contributed by atoms with Crippen LogP contribution in [0.15, 0.2) is 76.3 Å². The van der Waals surface area contributed by atoms with E-state index >= 15 is 0 Å². The number of fused-ring (bicyclic) bond motifs is 1. The third-order valence-electron chi connectivity index (χ3n) is 5.98. The zero-order valence-corrected chi connectivity index (χ0v) is 19.2. The highest BCUT2D eigenvalue weighted by atomic mass is 16.5. The fourth-order valence-electron chi connectivity index (χ4n) is 4.13. The first-order valence-corrected chi connectivity index (χ1v) is 11.0. The van der Waals surface area contributed by atoms with Crippen LogP contribution in [0.4, 0.5) is 0 Å². The number of aryl methyl sites for hydroxylation is 2. The number of methoxy groups -OCH3 is 1. The molecule has 4 rings (SSSR count). The zero-order valence-electron chi connectivity index (χ0n) is 19.2. The number of hydrogen-bond acceptors (Lipinski definition) is 5. The molecule has 1 aromatic heterocycles. The molecule has 0 unspecified atom stereocenters. The molecule has 0 aliphatic heterocycles. The van der Waals surface area contributed by atoms with Gasteiger partial charge in [0.25, 0.3) is 5.56 Å². The van der Waals surface area contributed by atoms with Crippen molar-refractivity contribution in [2.45, 2.75) is 26.4 Å². The van der Waals surface area contributed by atoms with Crippen molar-refractivity contribution in [1.82, 2.24) is 9.13 Å². The summed E-state index contributed by atoms with van der Waals surface area (Å²) in [4.78, 5) is 38.3. The van der Waals surface area contributed by atoms with Crippen LogP contribution in [0.5, 0.6) is 5.75 Å². The monoisotopic (exact) mass is 458 g/mol. The van der Waals surface area contributed by atoms with Gasteiger partial charge >= 0.3 is 5.69 Å². The van der Waals surface area contributed by atoms with E-state index in [9.17, 15) is 14.4 Å². The van der Waals surface area contributed by atoms with Crippen LogP contribution in [0.1, 0.15) is 27.0 Å². The Morgan fingerprint density at radius 2 is 1.65 bits per heavy atom. The first kappa shape index (κ1) is 23.2. The topological polar surface area (TPSA) is 90.5 Å². The minimum atomic E-state index is -0.553. The van der Waals surface area contributed by atoms with Crippen LogP contribution in [-0.2, 0) is 19.5 Å². The van der Waals surface area contributed by atoms with Gasteiger partial charge in [-0.3, -0.25) is 18.7 Å². The molecule has 0 spiro atoms. The van der Waals surface area contributed by atoms with Gasteiger partial charge in [0.2, 0.25) is 0 Å². The molecule has 7 heteroatoms. The molecule has 0 aliphatic rings. The van der Waals surface area contributed by atoms with Gasteiger partial charge in [-0.15, -0.1) is 0 Å². The first-order chi connectivity index (χ1) is 16.4. The van der Waals surface area contributed by atoms with Crippen LogP contribution < -0.4 is 16.0 Å². The molecule has 174 valence electrons. The van der Waals surface area contributed by atoms with E-state index in [1.54, 1.807) is 60.2 Å². The molecule has 0 aliphatic carbocycles. The van der Waals surface area contributed by atoms with Crippen molar-refractivity contribution < 1.29 is 14.6 Å². The van der Waals surface area contributed by atoms with E-state index in [0.717, 1.165) is 22.4 Å². The van der Waals surface area contributed by atoms with Gasteiger partial charge in [0, 0.05) is 12.1 Å². The Morgan fingerprint density at radius 1 is 0.941 bits per heavy atom. The fraction of sp³-hybridized carbons (Fsp3) is 0.222. The minimum Gasteiger partial charge on any atom is -0.496 e. The number of aliphatic hydroxyl groups excluding tert-OH is 1. The van der Waals surface area contributed by atoms with E-state index in [0.29, 0.717) is 22.9 Å². The standard InChI is InChI=1S/C27H26N2O5/c1-18-15-19(9-12-25(18)34-2)13-14-28-26(32)22-5-3-4-6-23(22)29(27(28)33)16-20-7-10-21(11-8-20)24(31)17-30/h3-12,15,30H,13-14,16-17H2,1-2H3. The van der Waals surface area contributed by atoms with Crippen molar-refractivity contribution in [3.63, 3.8) is 0 Å². The van der Waals surface area contributed by atoms with Crippen molar-refractivity contribution in [2.24, 2.45) is 0 Å². The lowest BCUT2D eigenvalue weighted by Gasteiger charge is -2.15. The highest BCUT2D eigenvalue weighted by Crippen LogP contribution is 2.19.